The van der Waals surface area contributed by atoms with E-state index in [1.807, 2.05) is 6.92 Å². The number of carbonyl (C=O) groups is 1. The number of carbonyl (C=O) groups excluding carboxylic acids is 1. The van der Waals surface area contributed by atoms with Crippen molar-refractivity contribution in [2.45, 2.75) is 51.4 Å². The molecule has 0 unspecified atom stereocenters. The molecular weight excluding hydrogens is 438 g/mol. The fourth-order valence-corrected chi connectivity index (χ4v) is 5.11. The second-order valence-corrected chi connectivity index (χ2v) is 8.69. The Bertz CT molecular complexity index is 1220. The van der Waals surface area contributed by atoms with Gasteiger partial charge in [0.1, 0.15) is 11.6 Å². The molecule has 1 N–H and O–H groups in total. The third kappa shape index (κ3) is 3.48. The largest absolute Gasteiger partial charge is 0.419 e. The van der Waals surface area contributed by atoms with Crippen LogP contribution in [-0.2, 0) is 12.6 Å². The summed E-state index contributed by atoms with van der Waals surface area (Å²) in [5.41, 5.74) is 0.972. The molecule has 10 heteroatoms. The van der Waals surface area contributed by atoms with Crippen LogP contribution in [0.5, 0.6) is 0 Å². The molecule has 3 aromatic rings. The number of benzene rings is 1. The quantitative estimate of drug-likeness (QED) is 0.555. The Morgan fingerprint density at radius 1 is 1.18 bits per heavy atom. The zero-order valence-electron chi connectivity index (χ0n) is 17.9. The number of halogens is 4. The molecule has 6 nitrogen and oxygen atoms in total. The first-order chi connectivity index (χ1) is 15.7. The van der Waals surface area contributed by atoms with Crippen molar-refractivity contribution >= 4 is 5.91 Å². The Labute approximate surface area is 187 Å². The van der Waals surface area contributed by atoms with Gasteiger partial charge in [-0.3, -0.25) is 9.89 Å². The summed E-state index contributed by atoms with van der Waals surface area (Å²) in [4.78, 5) is 24.3. The molecule has 172 valence electrons. The Morgan fingerprint density at radius 2 is 1.97 bits per heavy atom. The molecule has 2 bridgehead atoms. The van der Waals surface area contributed by atoms with Gasteiger partial charge in [-0.25, -0.2) is 14.4 Å². The van der Waals surface area contributed by atoms with E-state index in [0.29, 0.717) is 36.1 Å². The van der Waals surface area contributed by atoms with Crippen molar-refractivity contribution in [1.29, 1.82) is 0 Å². The van der Waals surface area contributed by atoms with Crippen molar-refractivity contribution in [3.63, 3.8) is 0 Å². The van der Waals surface area contributed by atoms with Crippen molar-refractivity contribution < 1.29 is 22.4 Å². The summed E-state index contributed by atoms with van der Waals surface area (Å²) in [6.07, 6.45) is -1.36. The molecule has 1 aromatic carbocycles. The SMILES string of the molecule is Cc1nc(-c2ccn[nH]2)c2c(n1)[C@H]1[C@H](C)CC[C@@H](C2)N1C(=O)c1cccc(C(F)(F)F)c1F. The average molecular weight is 459 g/mol. The third-order valence-electron chi connectivity index (χ3n) is 6.58. The number of hydrogen-bond acceptors (Lipinski definition) is 4. The molecule has 4 heterocycles. The van der Waals surface area contributed by atoms with Crippen LogP contribution in [0.15, 0.2) is 30.5 Å². The van der Waals surface area contributed by atoms with Crippen LogP contribution < -0.4 is 0 Å². The van der Waals surface area contributed by atoms with Crippen LogP contribution in [0.3, 0.4) is 0 Å². The van der Waals surface area contributed by atoms with Crippen LogP contribution in [-0.4, -0.2) is 37.0 Å². The lowest BCUT2D eigenvalue weighted by atomic mass is 9.76. The molecule has 1 amide bonds. The first-order valence-corrected chi connectivity index (χ1v) is 10.7. The first kappa shape index (κ1) is 21.5. The minimum absolute atomic E-state index is 0.0120. The van der Waals surface area contributed by atoms with Gasteiger partial charge in [0.05, 0.1) is 34.3 Å². The molecule has 1 saturated heterocycles. The fraction of sp³-hybridized carbons (Fsp3) is 0.391. The monoisotopic (exact) mass is 459 g/mol. The number of nitrogens with zero attached hydrogens (tertiary/aromatic N) is 4. The number of alkyl halides is 3. The molecular formula is C23H21F4N5O. The summed E-state index contributed by atoms with van der Waals surface area (Å²) < 4.78 is 54.6. The molecule has 2 aromatic heterocycles. The van der Waals surface area contributed by atoms with Crippen LogP contribution in [0.1, 0.15) is 58.8 Å². The van der Waals surface area contributed by atoms with Gasteiger partial charge in [-0.15, -0.1) is 0 Å². The first-order valence-electron chi connectivity index (χ1n) is 10.7. The number of rotatable bonds is 2. The summed E-state index contributed by atoms with van der Waals surface area (Å²) in [5, 5.41) is 6.92. The Balaban J connectivity index is 1.63. The van der Waals surface area contributed by atoms with Gasteiger partial charge in [0.25, 0.3) is 5.91 Å². The summed E-state index contributed by atoms with van der Waals surface area (Å²) in [6.45, 7) is 3.73. The van der Waals surface area contributed by atoms with E-state index in [1.165, 1.54) is 4.90 Å². The van der Waals surface area contributed by atoms with Crippen LogP contribution in [0.4, 0.5) is 17.6 Å². The molecule has 5 rings (SSSR count). The Morgan fingerprint density at radius 3 is 2.67 bits per heavy atom. The maximum atomic E-state index is 14.9. The lowest BCUT2D eigenvalue weighted by molar-refractivity contribution is -0.140. The van der Waals surface area contributed by atoms with Crippen molar-refractivity contribution in [2.24, 2.45) is 5.92 Å². The highest BCUT2D eigenvalue weighted by Gasteiger charge is 2.47. The van der Waals surface area contributed by atoms with E-state index in [-0.39, 0.29) is 12.0 Å². The smallest absolute Gasteiger partial charge is 0.326 e. The molecule has 0 radical (unpaired) electrons. The molecule has 1 fully saturated rings. The number of fused-ring (bicyclic) bond motifs is 4. The number of aromatic nitrogens is 4. The topological polar surface area (TPSA) is 74.8 Å². The molecule has 0 spiro atoms. The number of piperidine rings is 1. The van der Waals surface area contributed by atoms with Gasteiger partial charge in [0.15, 0.2) is 0 Å². The van der Waals surface area contributed by atoms with E-state index in [4.69, 9.17) is 0 Å². The average Bonchev–Trinajstić information content (AvgIpc) is 3.29. The number of hydrogen-bond donors (Lipinski definition) is 1. The normalized spacial score (nSPS) is 22.2. The highest BCUT2D eigenvalue weighted by atomic mass is 19.4. The van der Waals surface area contributed by atoms with E-state index < -0.39 is 35.1 Å². The standard InChI is InChI=1S/C23H21F4N5O/c1-11-6-7-13-10-15-19(17-8-9-28-31-17)29-12(2)30-20(15)21(11)32(13)22(33)14-4-3-5-16(18(14)24)23(25,26)27/h3-5,8-9,11,13,21H,6-7,10H2,1-2H3,(H,28,31)/t11-,13+,21-/m1/s1. The van der Waals surface area contributed by atoms with Gasteiger partial charge >= 0.3 is 6.18 Å². The number of H-pyrrole nitrogens is 1. The fourth-order valence-electron chi connectivity index (χ4n) is 5.11. The second kappa shape index (κ2) is 7.64. The van der Waals surface area contributed by atoms with E-state index in [2.05, 4.69) is 20.2 Å². The second-order valence-electron chi connectivity index (χ2n) is 8.69. The van der Waals surface area contributed by atoms with Gasteiger partial charge in [-0.05, 0) is 50.3 Å². The van der Waals surface area contributed by atoms with Crippen LogP contribution in [0, 0.1) is 18.7 Å². The molecule has 0 aliphatic carbocycles. The zero-order chi connectivity index (χ0) is 23.5. The van der Waals surface area contributed by atoms with Crippen molar-refractivity contribution in [2.75, 3.05) is 0 Å². The minimum atomic E-state index is -4.89. The van der Waals surface area contributed by atoms with Gasteiger partial charge < -0.3 is 4.90 Å². The van der Waals surface area contributed by atoms with Gasteiger partial charge in [-0.2, -0.15) is 18.3 Å². The lowest BCUT2D eigenvalue weighted by Crippen LogP contribution is -2.53. The summed E-state index contributed by atoms with van der Waals surface area (Å²) in [5.74, 6) is -1.79. The highest BCUT2D eigenvalue weighted by Crippen LogP contribution is 2.47. The number of aryl methyl sites for hydroxylation is 1. The van der Waals surface area contributed by atoms with Gasteiger partial charge in [-0.1, -0.05) is 13.0 Å². The Hall–Kier alpha value is -3.30. The maximum absolute atomic E-state index is 14.9. The van der Waals surface area contributed by atoms with Crippen molar-refractivity contribution in [1.82, 2.24) is 25.1 Å². The Kier molecular flexibility index (Phi) is 4.98. The van der Waals surface area contributed by atoms with Crippen LogP contribution >= 0.6 is 0 Å². The highest BCUT2D eigenvalue weighted by molar-refractivity contribution is 5.95. The molecule has 33 heavy (non-hydrogen) atoms. The number of amides is 1. The van der Waals surface area contributed by atoms with Gasteiger partial charge in [0, 0.05) is 17.8 Å². The summed E-state index contributed by atoms with van der Waals surface area (Å²) >= 11 is 0. The van der Waals surface area contributed by atoms with Crippen LogP contribution in [0.2, 0.25) is 0 Å². The molecule has 2 aliphatic heterocycles. The zero-order valence-corrected chi connectivity index (χ0v) is 17.9. The van der Waals surface area contributed by atoms with E-state index in [9.17, 15) is 22.4 Å². The van der Waals surface area contributed by atoms with Crippen molar-refractivity contribution in [3.8, 4) is 11.4 Å². The third-order valence-corrected chi connectivity index (χ3v) is 6.58. The predicted octanol–water partition coefficient (Wildman–Crippen LogP) is 4.87. The molecule has 3 atom stereocenters. The predicted molar refractivity (Wildman–Crippen MR) is 111 cm³/mol. The van der Waals surface area contributed by atoms with Crippen LogP contribution in [0.25, 0.3) is 11.4 Å². The van der Waals surface area contributed by atoms with E-state index >= 15 is 0 Å². The lowest BCUT2D eigenvalue weighted by Gasteiger charge is -2.49. The van der Waals surface area contributed by atoms with E-state index in [1.54, 1.807) is 19.2 Å². The summed E-state index contributed by atoms with van der Waals surface area (Å²) in [6, 6.07) is 3.85. The van der Waals surface area contributed by atoms with Gasteiger partial charge in [0.2, 0.25) is 0 Å². The summed E-state index contributed by atoms with van der Waals surface area (Å²) in [7, 11) is 0. The number of aromatic amines is 1. The van der Waals surface area contributed by atoms with Crippen molar-refractivity contribution in [3.05, 3.63) is 64.5 Å². The molecule has 2 aliphatic rings. The minimum Gasteiger partial charge on any atom is -0.326 e. The van der Waals surface area contributed by atoms with E-state index in [0.717, 1.165) is 29.8 Å². The molecule has 0 saturated carbocycles. The number of nitrogens with one attached hydrogen (secondary N) is 1. The maximum Gasteiger partial charge on any atom is 0.419 e.